The summed E-state index contributed by atoms with van der Waals surface area (Å²) in [4.78, 5) is 0. The van der Waals surface area contributed by atoms with Crippen LogP contribution in [0.15, 0.2) is 12.1 Å². The molecule has 1 aromatic rings. The molecule has 2 heteroatoms. The van der Waals surface area contributed by atoms with E-state index in [-0.39, 0.29) is 0 Å². The van der Waals surface area contributed by atoms with Gasteiger partial charge in [-0.2, -0.15) is 5.26 Å². The van der Waals surface area contributed by atoms with Gasteiger partial charge < -0.3 is 4.74 Å². The Labute approximate surface area is 110 Å². The Hall–Kier alpha value is -1.49. The van der Waals surface area contributed by atoms with E-state index in [1.807, 2.05) is 26.0 Å². The molecule has 1 aliphatic carbocycles. The summed E-state index contributed by atoms with van der Waals surface area (Å²) in [6.45, 7) is 4.78. The van der Waals surface area contributed by atoms with E-state index in [4.69, 9.17) is 4.74 Å². The molecule has 1 aliphatic rings. The van der Waals surface area contributed by atoms with E-state index in [1.54, 1.807) is 0 Å². The zero-order valence-corrected chi connectivity index (χ0v) is 11.3. The molecular formula is C16H21NO. The first-order valence-electron chi connectivity index (χ1n) is 6.85. The van der Waals surface area contributed by atoms with Gasteiger partial charge in [0.1, 0.15) is 11.8 Å². The zero-order chi connectivity index (χ0) is 13.0. The van der Waals surface area contributed by atoms with Crippen molar-refractivity contribution < 1.29 is 4.74 Å². The van der Waals surface area contributed by atoms with Gasteiger partial charge in [-0.05, 0) is 49.8 Å². The van der Waals surface area contributed by atoms with Crippen molar-refractivity contribution in [2.24, 2.45) is 5.92 Å². The lowest BCUT2D eigenvalue weighted by molar-refractivity contribution is 0.208. The molecule has 1 fully saturated rings. The van der Waals surface area contributed by atoms with E-state index in [1.165, 1.54) is 32.1 Å². The molecule has 0 bridgehead atoms. The summed E-state index contributed by atoms with van der Waals surface area (Å²) in [6.07, 6.45) is 6.56. The average Bonchev–Trinajstić information content (AvgIpc) is 2.37. The van der Waals surface area contributed by atoms with Gasteiger partial charge in [-0.15, -0.1) is 0 Å². The van der Waals surface area contributed by atoms with E-state index in [2.05, 4.69) is 6.07 Å². The Morgan fingerprint density at radius 1 is 1.22 bits per heavy atom. The standard InChI is InChI=1S/C16H21NO/c1-12-8-13(2)15(10-17)16(9-12)18-11-14-6-4-3-5-7-14/h8-9,14H,3-7,11H2,1-2H3. The van der Waals surface area contributed by atoms with Crippen LogP contribution < -0.4 is 4.74 Å². The van der Waals surface area contributed by atoms with Crippen molar-refractivity contribution in [1.82, 2.24) is 0 Å². The number of hydrogen-bond acceptors (Lipinski definition) is 2. The second-order valence-electron chi connectivity index (χ2n) is 5.38. The predicted octanol–water partition coefficient (Wildman–Crippen LogP) is 4.13. The van der Waals surface area contributed by atoms with Crippen molar-refractivity contribution >= 4 is 0 Å². The molecule has 0 unspecified atom stereocenters. The SMILES string of the molecule is Cc1cc(C)c(C#N)c(OCC2CCCCC2)c1. The highest BCUT2D eigenvalue weighted by Gasteiger charge is 2.15. The van der Waals surface area contributed by atoms with E-state index in [9.17, 15) is 5.26 Å². The third-order valence-electron chi connectivity index (χ3n) is 3.75. The van der Waals surface area contributed by atoms with Gasteiger partial charge in [-0.1, -0.05) is 25.3 Å². The molecule has 18 heavy (non-hydrogen) atoms. The number of nitrogens with zero attached hydrogens (tertiary/aromatic N) is 1. The van der Waals surface area contributed by atoms with Gasteiger partial charge in [0, 0.05) is 0 Å². The number of benzene rings is 1. The summed E-state index contributed by atoms with van der Waals surface area (Å²) in [5.41, 5.74) is 2.86. The van der Waals surface area contributed by atoms with Gasteiger partial charge in [-0.3, -0.25) is 0 Å². The molecule has 0 amide bonds. The van der Waals surface area contributed by atoms with Crippen molar-refractivity contribution in [2.75, 3.05) is 6.61 Å². The minimum Gasteiger partial charge on any atom is -0.492 e. The highest BCUT2D eigenvalue weighted by molar-refractivity contribution is 5.50. The molecule has 1 saturated carbocycles. The maximum Gasteiger partial charge on any atom is 0.137 e. The lowest BCUT2D eigenvalue weighted by Crippen LogP contribution is -2.15. The summed E-state index contributed by atoms with van der Waals surface area (Å²) in [5, 5.41) is 9.20. The van der Waals surface area contributed by atoms with Crippen LogP contribution in [0.1, 0.15) is 48.8 Å². The number of aryl methyl sites for hydroxylation is 2. The van der Waals surface area contributed by atoms with E-state index in [0.717, 1.165) is 23.5 Å². The highest BCUT2D eigenvalue weighted by atomic mass is 16.5. The lowest BCUT2D eigenvalue weighted by Gasteiger charge is -2.22. The second kappa shape index (κ2) is 5.91. The van der Waals surface area contributed by atoms with Crippen molar-refractivity contribution in [3.05, 3.63) is 28.8 Å². The van der Waals surface area contributed by atoms with Crippen LogP contribution in [0.4, 0.5) is 0 Å². The summed E-state index contributed by atoms with van der Waals surface area (Å²) in [6, 6.07) is 6.27. The highest BCUT2D eigenvalue weighted by Crippen LogP contribution is 2.27. The summed E-state index contributed by atoms with van der Waals surface area (Å²) in [5.74, 6) is 1.44. The van der Waals surface area contributed by atoms with Crippen LogP contribution in [0.5, 0.6) is 5.75 Å². The van der Waals surface area contributed by atoms with E-state index < -0.39 is 0 Å². The van der Waals surface area contributed by atoms with Crippen molar-refractivity contribution in [3.63, 3.8) is 0 Å². The fourth-order valence-corrected chi connectivity index (χ4v) is 2.75. The number of nitriles is 1. The summed E-state index contributed by atoms with van der Waals surface area (Å²) >= 11 is 0. The third kappa shape index (κ3) is 3.04. The number of hydrogen-bond donors (Lipinski definition) is 0. The third-order valence-corrected chi connectivity index (χ3v) is 3.75. The van der Waals surface area contributed by atoms with Crippen LogP contribution in [0.2, 0.25) is 0 Å². The fourth-order valence-electron chi connectivity index (χ4n) is 2.75. The van der Waals surface area contributed by atoms with Crippen LogP contribution in [-0.4, -0.2) is 6.61 Å². The molecule has 0 saturated heterocycles. The van der Waals surface area contributed by atoms with Crippen LogP contribution >= 0.6 is 0 Å². The quantitative estimate of drug-likeness (QED) is 0.799. The van der Waals surface area contributed by atoms with Crippen molar-refractivity contribution in [1.29, 1.82) is 5.26 Å². The topological polar surface area (TPSA) is 33.0 Å². The Balaban J connectivity index is 2.06. The largest absolute Gasteiger partial charge is 0.492 e. The van der Waals surface area contributed by atoms with E-state index >= 15 is 0 Å². The van der Waals surface area contributed by atoms with Crippen LogP contribution in [0, 0.1) is 31.1 Å². The monoisotopic (exact) mass is 243 g/mol. The number of rotatable bonds is 3. The molecule has 0 heterocycles. The smallest absolute Gasteiger partial charge is 0.137 e. The zero-order valence-electron chi connectivity index (χ0n) is 11.3. The molecule has 2 nitrogen and oxygen atoms in total. The second-order valence-corrected chi connectivity index (χ2v) is 5.38. The fraction of sp³-hybridized carbons (Fsp3) is 0.562. The summed E-state index contributed by atoms with van der Waals surface area (Å²) < 4.78 is 5.91. The molecular weight excluding hydrogens is 222 g/mol. The minimum absolute atomic E-state index is 0.672. The van der Waals surface area contributed by atoms with Gasteiger partial charge in [0.2, 0.25) is 0 Å². The first kappa shape index (κ1) is 13.0. The predicted molar refractivity (Wildman–Crippen MR) is 72.7 cm³/mol. The first-order valence-corrected chi connectivity index (χ1v) is 6.85. The van der Waals surface area contributed by atoms with Gasteiger partial charge in [0.25, 0.3) is 0 Å². The van der Waals surface area contributed by atoms with Gasteiger partial charge in [0.05, 0.1) is 12.2 Å². The van der Waals surface area contributed by atoms with Gasteiger partial charge in [-0.25, -0.2) is 0 Å². The van der Waals surface area contributed by atoms with Crippen molar-refractivity contribution in [3.8, 4) is 11.8 Å². The summed E-state index contributed by atoms with van der Waals surface area (Å²) in [7, 11) is 0. The number of ether oxygens (including phenoxy) is 1. The first-order chi connectivity index (χ1) is 8.70. The van der Waals surface area contributed by atoms with Crippen LogP contribution in [0.3, 0.4) is 0 Å². The minimum atomic E-state index is 0.672. The van der Waals surface area contributed by atoms with Gasteiger partial charge in [0.15, 0.2) is 0 Å². The molecule has 0 radical (unpaired) electrons. The molecule has 0 N–H and O–H groups in total. The van der Waals surface area contributed by atoms with Crippen LogP contribution in [0.25, 0.3) is 0 Å². The normalized spacial score (nSPS) is 16.3. The van der Waals surface area contributed by atoms with Crippen molar-refractivity contribution in [2.45, 2.75) is 46.0 Å². The maximum atomic E-state index is 9.20. The molecule has 0 spiro atoms. The lowest BCUT2D eigenvalue weighted by atomic mass is 9.90. The Bertz CT molecular complexity index is 453. The van der Waals surface area contributed by atoms with E-state index in [0.29, 0.717) is 11.5 Å². The molecule has 1 aromatic carbocycles. The maximum absolute atomic E-state index is 9.20. The Kier molecular flexibility index (Phi) is 4.25. The molecule has 0 aliphatic heterocycles. The van der Waals surface area contributed by atoms with Crippen LogP contribution in [-0.2, 0) is 0 Å². The van der Waals surface area contributed by atoms with Gasteiger partial charge >= 0.3 is 0 Å². The Morgan fingerprint density at radius 2 is 1.94 bits per heavy atom. The molecule has 0 atom stereocenters. The Morgan fingerprint density at radius 3 is 2.61 bits per heavy atom. The molecule has 2 rings (SSSR count). The average molecular weight is 243 g/mol. The molecule has 0 aromatic heterocycles. The molecule has 96 valence electrons.